The number of amides is 3. The number of carbonyl (C=O) groups excluding carboxylic acids is 2. The van der Waals surface area contributed by atoms with Gasteiger partial charge in [0.1, 0.15) is 5.75 Å². The molecule has 2 rings (SSSR count). The number of methoxy groups -OCH3 is 1. The largest absolute Gasteiger partial charge is 0.495 e. The van der Waals surface area contributed by atoms with Gasteiger partial charge in [0, 0.05) is 19.5 Å². The number of benzene rings is 1. The summed E-state index contributed by atoms with van der Waals surface area (Å²) in [6.07, 6.45) is 5.75. The zero-order chi connectivity index (χ0) is 16.7. The van der Waals surface area contributed by atoms with Crippen molar-refractivity contribution in [2.24, 2.45) is 0 Å². The Morgan fingerprint density at radius 2 is 1.96 bits per heavy atom. The minimum absolute atomic E-state index is 0.145. The third-order valence-electron chi connectivity index (χ3n) is 3.97. The molecule has 0 unspecified atom stereocenters. The van der Waals surface area contributed by atoms with Gasteiger partial charge in [-0.3, -0.25) is 4.79 Å². The molecular formula is C17H25N3O3. The Kier molecular flexibility index (Phi) is 6.26. The van der Waals surface area contributed by atoms with Gasteiger partial charge in [-0.1, -0.05) is 25.3 Å². The van der Waals surface area contributed by atoms with Crippen molar-refractivity contribution in [3.8, 4) is 5.75 Å². The molecule has 23 heavy (non-hydrogen) atoms. The number of nitrogens with one attached hydrogen (secondary N) is 3. The molecule has 3 N–H and O–H groups in total. The van der Waals surface area contributed by atoms with E-state index >= 15 is 0 Å². The molecule has 126 valence electrons. The number of hydrogen-bond donors (Lipinski definition) is 3. The third-order valence-corrected chi connectivity index (χ3v) is 3.97. The lowest BCUT2D eigenvalue weighted by atomic mass is 9.96. The molecular weight excluding hydrogens is 294 g/mol. The quantitative estimate of drug-likeness (QED) is 0.781. The summed E-state index contributed by atoms with van der Waals surface area (Å²) in [4.78, 5) is 23.2. The fraction of sp³-hybridized carbons (Fsp3) is 0.529. The van der Waals surface area contributed by atoms with Crippen LogP contribution in [0, 0.1) is 0 Å². The van der Waals surface area contributed by atoms with E-state index in [-0.39, 0.29) is 18.0 Å². The molecule has 0 aliphatic heterocycles. The second kappa shape index (κ2) is 8.41. The molecule has 0 heterocycles. The minimum atomic E-state index is -0.163. The molecule has 1 aromatic carbocycles. The van der Waals surface area contributed by atoms with E-state index in [9.17, 15) is 9.59 Å². The first kappa shape index (κ1) is 17.1. The zero-order valence-electron chi connectivity index (χ0n) is 13.8. The molecule has 0 bridgehead atoms. The number of hydrogen-bond acceptors (Lipinski definition) is 3. The molecule has 1 aromatic rings. The van der Waals surface area contributed by atoms with Crippen molar-refractivity contribution in [3.63, 3.8) is 0 Å². The molecule has 1 aliphatic carbocycles. The maximum atomic E-state index is 12.0. The summed E-state index contributed by atoms with van der Waals surface area (Å²) in [5.74, 6) is 0.430. The highest BCUT2D eigenvalue weighted by atomic mass is 16.5. The Bertz CT molecular complexity index is 554. The minimum Gasteiger partial charge on any atom is -0.495 e. The van der Waals surface area contributed by atoms with E-state index in [0.29, 0.717) is 18.0 Å². The molecule has 0 aromatic heterocycles. The van der Waals surface area contributed by atoms with Crippen LogP contribution in [-0.4, -0.2) is 25.1 Å². The Balaban J connectivity index is 1.89. The summed E-state index contributed by atoms with van der Waals surface area (Å²) in [5, 5.41) is 8.60. The van der Waals surface area contributed by atoms with Crippen LogP contribution in [0.15, 0.2) is 18.2 Å². The van der Waals surface area contributed by atoms with E-state index in [1.54, 1.807) is 19.2 Å². The summed E-state index contributed by atoms with van der Waals surface area (Å²) < 4.78 is 5.21. The van der Waals surface area contributed by atoms with Crippen molar-refractivity contribution in [2.45, 2.75) is 51.6 Å². The van der Waals surface area contributed by atoms with Gasteiger partial charge in [0.15, 0.2) is 0 Å². The highest BCUT2D eigenvalue weighted by molar-refractivity contribution is 5.90. The van der Waals surface area contributed by atoms with E-state index in [0.717, 1.165) is 18.4 Å². The fourth-order valence-electron chi connectivity index (χ4n) is 2.82. The Hall–Kier alpha value is -2.24. The van der Waals surface area contributed by atoms with Crippen LogP contribution in [0.25, 0.3) is 0 Å². The first-order valence-corrected chi connectivity index (χ1v) is 8.07. The summed E-state index contributed by atoms with van der Waals surface area (Å²) >= 11 is 0. The van der Waals surface area contributed by atoms with Crippen molar-refractivity contribution >= 4 is 17.6 Å². The maximum Gasteiger partial charge on any atom is 0.315 e. The van der Waals surface area contributed by atoms with Crippen LogP contribution in [0.1, 0.15) is 44.6 Å². The number of ether oxygens (including phenoxy) is 1. The first-order valence-electron chi connectivity index (χ1n) is 8.07. The molecule has 0 atom stereocenters. The molecule has 3 amide bonds. The lowest BCUT2D eigenvalue weighted by molar-refractivity contribution is -0.114. The summed E-state index contributed by atoms with van der Waals surface area (Å²) in [7, 11) is 1.55. The van der Waals surface area contributed by atoms with E-state index in [1.165, 1.54) is 26.2 Å². The van der Waals surface area contributed by atoms with Gasteiger partial charge in [-0.25, -0.2) is 4.79 Å². The van der Waals surface area contributed by atoms with Crippen molar-refractivity contribution in [1.82, 2.24) is 10.6 Å². The summed E-state index contributed by atoms with van der Waals surface area (Å²) in [6, 6.07) is 5.59. The molecule has 1 fully saturated rings. The molecule has 0 radical (unpaired) electrons. The number of rotatable bonds is 5. The number of urea groups is 1. The van der Waals surface area contributed by atoms with Crippen LogP contribution < -0.4 is 20.7 Å². The normalized spacial score (nSPS) is 14.9. The van der Waals surface area contributed by atoms with Crippen molar-refractivity contribution < 1.29 is 14.3 Å². The highest BCUT2D eigenvalue weighted by Gasteiger charge is 2.15. The van der Waals surface area contributed by atoms with Crippen molar-refractivity contribution in [2.75, 3.05) is 12.4 Å². The van der Waals surface area contributed by atoms with Crippen molar-refractivity contribution in [1.29, 1.82) is 0 Å². The van der Waals surface area contributed by atoms with E-state index < -0.39 is 0 Å². The fourth-order valence-corrected chi connectivity index (χ4v) is 2.82. The predicted molar refractivity (Wildman–Crippen MR) is 89.5 cm³/mol. The molecule has 6 nitrogen and oxygen atoms in total. The van der Waals surface area contributed by atoms with Gasteiger partial charge in [-0.2, -0.15) is 0 Å². The van der Waals surface area contributed by atoms with Gasteiger partial charge in [0.05, 0.1) is 12.8 Å². The third kappa shape index (κ3) is 5.47. The molecule has 0 spiro atoms. The Morgan fingerprint density at radius 3 is 2.61 bits per heavy atom. The standard InChI is InChI=1S/C17H25N3O3/c1-12(21)19-15-10-13(8-9-16(15)23-2)11-18-17(22)20-14-6-4-3-5-7-14/h8-10,14H,3-7,11H2,1-2H3,(H,19,21)(H2,18,20,22). The topological polar surface area (TPSA) is 79.5 Å². The Morgan fingerprint density at radius 1 is 1.22 bits per heavy atom. The second-order valence-electron chi connectivity index (χ2n) is 5.88. The maximum absolute atomic E-state index is 12.0. The Labute approximate surface area is 137 Å². The van der Waals surface area contributed by atoms with Crippen LogP contribution in [0.3, 0.4) is 0 Å². The first-order chi connectivity index (χ1) is 11.1. The van der Waals surface area contributed by atoms with Gasteiger partial charge < -0.3 is 20.7 Å². The molecule has 0 saturated heterocycles. The van der Waals surface area contributed by atoms with Gasteiger partial charge in [-0.05, 0) is 30.5 Å². The van der Waals surface area contributed by atoms with Crippen LogP contribution >= 0.6 is 0 Å². The second-order valence-corrected chi connectivity index (χ2v) is 5.88. The number of anilines is 1. The van der Waals surface area contributed by atoms with Crippen LogP contribution in [-0.2, 0) is 11.3 Å². The van der Waals surface area contributed by atoms with Crippen LogP contribution in [0.4, 0.5) is 10.5 Å². The van der Waals surface area contributed by atoms with Gasteiger partial charge in [-0.15, -0.1) is 0 Å². The summed E-state index contributed by atoms with van der Waals surface area (Å²) in [5.41, 5.74) is 1.50. The SMILES string of the molecule is COc1ccc(CNC(=O)NC2CCCCC2)cc1NC(C)=O. The van der Waals surface area contributed by atoms with Gasteiger partial charge in [0.25, 0.3) is 0 Å². The number of carbonyl (C=O) groups is 2. The predicted octanol–water partition coefficient (Wildman–Crippen LogP) is 2.79. The molecule has 6 heteroatoms. The lowest BCUT2D eigenvalue weighted by Crippen LogP contribution is -2.42. The summed E-state index contributed by atoms with van der Waals surface area (Å²) in [6.45, 7) is 1.84. The average Bonchev–Trinajstić information content (AvgIpc) is 2.53. The van der Waals surface area contributed by atoms with Gasteiger partial charge >= 0.3 is 6.03 Å². The van der Waals surface area contributed by atoms with Crippen molar-refractivity contribution in [3.05, 3.63) is 23.8 Å². The molecule has 1 aliphatic rings. The van der Waals surface area contributed by atoms with E-state index in [1.807, 2.05) is 6.07 Å². The van der Waals surface area contributed by atoms with Gasteiger partial charge in [0.2, 0.25) is 5.91 Å². The van der Waals surface area contributed by atoms with Crippen LogP contribution in [0.5, 0.6) is 5.75 Å². The van der Waals surface area contributed by atoms with Crippen LogP contribution in [0.2, 0.25) is 0 Å². The molecule has 1 saturated carbocycles. The highest BCUT2D eigenvalue weighted by Crippen LogP contribution is 2.25. The average molecular weight is 319 g/mol. The van der Waals surface area contributed by atoms with E-state index in [4.69, 9.17) is 4.74 Å². The zero-order valence-corrected chi connectivity index (χ0v) is 13.8. The lowest BCUT2D eigenvalue weighted by Gasteiger charge is -2.22. The van der Waals surface area contributed by atoms with E-state index in [2.05, 4.69) is 16.0 Å². The monoisotopic (exact) mass is 319 g/mol. The smallest absolute Gasteiger partial charge is 0.315 e.